The molecule has 3 heteroatoms. The first kappa shape index (κ1) is 12.9. The van der Waals surface area contributed by atoms with E-state index in [9.17, 15) is 4.79 Å². The summed E-state index contributed by atoms with van der Waals surface area (Å²) in [6.07, 6.45) is 1.65. The molecule has 0 radical (unpaired) electrons. The molecular weight excluding hydrogens is 176 g/mol. The molecule has 0 saturated heterocycles. The fourth-order valence-corrected chi connectivity index (χ4v) is 1.08. The lowest BCUT2D eigenvalue weighted by Gasteiger charge is -2.17. The summed E-state index contributed by atoms with van der Waals surface area (Å²) in [6, 6.07) is 1.78. The van der Waals surface area contributed by atoms with E-state index in [0.29, 0.717) is 0 Å². The van der Waals surface area contributed by atoms with Crippen molar-refractivity contribution in [3.8, 4) is 0 Å². The Balaban J connectivity index is 0.000000791. The van der Waals surface area contributed by atoms with Crippen LogP contribution in [0.4, 0.5) is 0 Å². The molecule has 3 nitrogen and oxygen atoms in total. The zero-order valence-corrected chi connectivity index (χ0v) is 9.96. The van der Waals surface area contributed by atoms with Gasteiger partial charge in [0.1, 0.15) is 0 Å². The van der Waals surface area contributed by atoms with E-state index in [1.807, 2.05) is 34.6 Å². The van der Waals surface area contributed by atoms with Gasteiger partial charge in [0.05, 0.1) is 0 Å². The van der Waals surface area contributed by atoms with Crippen molar-refractivity contribution < 1.29 is 0 Å². The van der Waals surface area contributed by atoms with E-state index in [0.717, 1.165) is 5.56 Å². The van der Waals surface area contributed by atoms with Crippen LogP contribution in [0, 0.1) is 0 Å². The standard InChI is InChI=1S/C9H14N2O.C2H6/c1-9(2,3)7-5-6-10-11(4)8(7)12;1-2/h5-6H,1-4H3;1-2H3. The van der Waals surface area contributed by atoms with E-state index >= 15 is 0 Å². The quantitative estimate of drug-likeness (QED) is 0.637. The summed E-state index contributed by atoms with van der Waals surface area (Å²) in [7, 11) is 1.66. The first-order valence-electron chi connectivity index (χ1n) is 4.96. The highest BCUT2D eigenvalue weighted by Gasteiger charge is 2.17. The van der Waals surface area contributed by atoms with E-state index in [2.05, 4.69) is 5.10 Å². The van der Waals surface area contributed by atoms with Gasteiger partial charge in [0, 0.05) is 18.8 Å². The Labute approximate surface area is 85.8 Å². The number of aryl methyl sites for hydroxylation is 1. The highest BCUT2D eigenvalue weighted by Crippen LogP contribution is 2.16. The molecule has 0 aliphatic carbocycles. The van der Waals surface area contributed by atoms with Gasteiger partial charge in [-0.15, -0.1) is 0 Å². The Morgan fingerprint density at radius 3 is 2.14 bits per heavy atom. The van der Waals surface area contributed by atoms with Crippen molar-refractivity contribution >= 4 is 0 Å². The topological polar surface area (TPSA) is 34.9 Å². The third kappa shape index (κ3) is 2.98. The van der Waals surface area contributed by atoms with Crippen LogP contribution in [0.1, 0.15) is 40.2 Å². The molecule has 0 aliphatic heterocycles. The predicted octanol–water partition coefficient (Wildman–Crippen LogP) is 2.10. The number of aromatic nitrogens is 2. The molecule has 1 aromatic rings. The molecule has 0 saturated carbocycles. The minimum atomic E-state index is -0.0994. The Morgan fingerprint density at radius 2 is 1.79 bits per heavy atom. The summed E-state index contributed by atoms with van der Waals surface area (Å²) in [5, 5.41) is 3.86. The summed E-state index contributed by atoms with van der Waals surface area (Å²) >= 11 is 0. The van der Waals surface area contributed by atoms with Crippen molar-refractivity contribution in [2.75, 3.05) is 0 Å². The smallest absolute Gasteiger partial charge is 0.267 e. The van der Waals surface area contributed by atoms with Crippen LogP contribution in [0.2, 0.25) is 0 Å². The molecule has 0 aliphatic rings. The lowest BCUT2D eigenvalue weighted by atomic mass is 9.88. The largest absolute Gasteiger partial charge is 0.270 e. The molecule has 1 rings (SSSR count). The van der Waals surface area contributed by atoms with Gasteiger partial charge in [-0.05, 0) is 11.5 Å². The molecular formula is C11H20N2O. The predicted molar refractivity (Wildman–Crippen MR) is 59.5 cm³/mol. The zero-order chi connectivity index (χ0) is 11.4. The molecule has 0 aromatic carbocycles. The minimum absolute atomic E-state index is 0.00926. The second-order valence-corrected chi connectivity index (χ2v) is 3.92. The summed E-state index contributed by atoms with van der Waals surface area (Å²) in [5.74, 6) is 0. The van der Waals surface area contributed by atoms with Crippen molar-refractivity contribution in [3.05, 3.63) is 28.2 Å². The van der Waals surface area contributed by atoms with Gasteiger partial charge in [-0.1, -0.05) is 34.6 Å². The van der Waals surface area contributed by atoms with E-state index in [4.69, 9.17) is 0 Å². The van der Waals surface area contributed by atoms with Crippen LogP contribution in [0.25, 0.3) is 0 Å². The Morgan fingerprint density at radius 1 is 1.29 bits per heavy atom. The van der Waals surface area contributed by atoms with Gasteiger partial charge >= 0.3 is 0 Å². The van der Waals surface area contributed by atoms with Crippen molar-refractivity contribution in [1.29, 1.82) is 0 Å². The molecule has 0 N–H and O–H groups in total. The molecule has 80 valence electrons. The zero-order valence-electron chi connectivity index (χ0n) is 9.96. The maximum atomic E-state index is 11.5. The van der Waals surface area contributed by atoms with Crippen LogP contribution < -0.4 is 5.56 Å². The first-order chi connectivity index (χ1) is 6.43. The Hall–Kier alpha value is -1.12. The van der Waals surface area contributed by atoms with Crippen LogP contribution in [0.15, 0.2) is 17.1 Å². The van der Waals surface area contributed by atoms with Gasteiger partial charge in [-0.25, -0.2) is 4.68 Å². The van der Waals surface area contributed by atoms with Crippen molar-refractivity contribution in [2.24, 2.45) is 7.05 Å². The molecule has 0 fully saturated rings. The normalized spacial score (nSPS) is 10.4. The molecule has 0 atom stereocenters. The SMILES string of the molecule is CC.Cn1nccc(C(C)(C)C)c1=O. The molecule has 0 unspecified atom stereocenters. The molecule has 0 spiro atoms. The van der Waals surface area contributed by atoms with Gasteiger partial charge in [0.25, 0.3) is 5.56 Å². The highest BCUT2D eigenvalue weighted by molar-refractivity contribution is 5.16. The maximum Gasteiger partial charge on any atom is 0.270 e. The van der Waals surface area contributed by atoms with Gasteiger partial charge < -0.3 is 0 Å². The fraction of sp³-hybridized carbons (Fsp3) is 0.636. The number of rotatable bonds is 0. The summed E-state index contributed by atoms with van der Waals surface area (Å²) < 4.78 is 1.36. The lowest BCUT2D eigenvalue weighted by Crippen LogP contribution is -2.29. The molecule has 14 heavy (non-hydrogen) atoms. The van der Waals surface area contributed by atoms with E-state index < -0.39 is 0 Å². The second kappa shape index (κ2) is 4.94. The van der Waals surface area contributed by atoms with E-state index in [-0.39, 0.29) is 11.0 Å². The van der Waals surface area contributed by atoms with Gasteiger partial charge in [-0.2, -0.15) is 5.10 Å². The van der Waals surface area contributed by atoms with Crippen LogP contribution in [-0.4, -0.2) is 9.78 Å². The Bertz CT molecular complexity index is 334. The van der Waals surface area contributed by atoms with Gasteiger partial charge in [-0.3, -0.25) is 4.79 Å². The minimum Gasteiger partial charge on any atom is -0.267 e. The number of nitrogens with zero attached hydrogens (tertiary/aromatic N) is 2. The van der Waals surface area contributed by atoms with Crippen molar-refractivity contribution in [2.45, 2.75) is 40.0 Å². The summed E-state index contributed by atoms with van der Waals surface area (Å²) in [4.78, 5) is 11.5. The first-order valence-corrected chi connectivity index (χ1v) is 4.96. The number of hydrogen-bond donors (Lipinski definition) is 0. The van der Waals surface area contributed by atoms with Crippen LogP contribution in [-0.2, 0) is 12.5 Å². The van der Waals surface area contributed by atoms with Crippen LogP contribution in [0.3, 0.4) is 0 Å². The van der Waals surface area contributed by atoms with Gasteiger partial charge in [0.15, 0.2) is 0 Å². The summed E-state index contributed by atoms with van der Waals surface area (Å²) in [5.41, 5.74) is 0.697. The van der Waals surface area contributed by atoms with Crippen LogP contribution >= 0.6 is 0 Å². The molecule has 0 amide bonds. The third-order valence-corrected chi connectivity index (χ3v) is 1.81. The van der Waals surface area contributed by atoms with Crippen molar-refractivity contribution in [3.63, 3.8) is 0 Å². The highest BCUT2D eigenvalue weighted by atomic mass is 16.1. The van der Waals surface area contributed by atoms with E-state index in [1.165, 1.54) is 4.68 Å². The van der Waals surface area contributed by atoms with Gasteiger partial charge in [0.2, 0.25) is 0 Å². The van der Waals surface area contributed by atoms with Crippen LogP contribution in [0.5, 0.6) is 0 Å². The molecule has 1 heterocycles. The average molecular weight is 196 g/mol. The monoisotopic (exact) mass is 196 g/mol. The Kier molecular flexibility index (Phi) is 4.54. The maximum absolute atomic E-state index is 11.5. The van der Waals surface area contributed by atoms with Crippen molar-refractivity contribution in [1.82, 2.24) is 9.78 Å². The fourth-order valence-electron chi connectivity index (χ4n) is 1.08. The summed E-state index contributed by atoms with van der Waals surface area (Å²) in [6.45, 7) is 10.1. The third-order valence-electron chi connectivity index (χ3n) is 1.81. The lowest BCUT2D eigenvalue weighted by molar-refractivity contribution is 0.559. The van der Waals surface area contributed by atoms with E-state index in [1.54, 1.807) is 19.3 Å². The number of hydrogen-bond acceptors (Lipinski definition) is 2. The molecule has 1 aromatic heterocycles. The molecule has 0 bridgehead atoms. The average Bonchev–Trinajstić information content (AvgIpc) is 2.11. The second-order valence-electron chi connectivity index (χ2n) is 3.92.